The molecule has 1 heterocycles. The van der Waals surface area contributed by atoms with Crippen LogP contribution in [0, 0.1) is 0 Å². The van der Waals surface area contributed by atoms with Gasteiger partial charge in [-0.05, 0) is 29.3 Å². The summed E-state index contributed by atoms with van der Waals surface area (Å²) in [5.74, 6) is 0.526. The average molecular weight is 402 g/mol. The van der Waals surface area contributed by atoms with Crippen molar-refractivity contribution in [2.24, 2.45) is 0 Å². The van der Waals surface area contributed by atoms with Gasteiger partial charge >= 0.3 is 0 Å². The number of hydrogen-bond acceptors (Lipinski definition) is 4. The van der Waals surface area contributed by atoms with Crippen LogP contribution < -0.4 is 0 Å². The van der Waals surface area contributed by atoms with Gasteiger partial charge in [0.15, 0.2) is 0 Å². The largest absolute Gasteiger partial charge is 0.278 e. The van der Waals surface area contributed by atoms with Crippen LogP contribution in [0.15, 0.2) is 53.4 Å². The van der Waals surface area contributed by atoms with E-state index in [-0.39, 0.29) is 11.4 Å². The molecule has 1 fully saturated rings. The van der Waals surface area contributed by atoms with Crippen molar-refractivity contribution in [2.75, 3.05) is 12.3 Å². The van der Waals surface area contributed by atoms with E-state index in [0.29, 0.717) is 10.8 Å². The van der Waals surface area contributed by atoms with E-state index in [0.717, 1.165) is 15.4 Å². The van der Waals surface area contributed by atoms with E-state index in [1.807, 2.05) is 30.3 Å². The first-order chi connectivity index (χ1) is 11.4. The normalized spacial score (nSPS) is 18.7. The van der Waals surface area contributed by atoms with Crippen LogP contribution in [-0.4, -0.2) is 35.6 Å². The Kier molecular flexibility index (Phi) is 5.22. The Morgan fingerprint density at radius 3 is 2.50 bits per heavy atom. The van der Waals surface area contributed by atoms with Gasteiger partial charge in [-0.2, -0.15) is 4.31 Å². The number of halogens is 2. The first-order valence-corrected chi connectivity index (χ1v) is 10.3. The minimum Gasteiger partial charge on any atom is -0.278 e. The highest BCUT2D eigenvalue weighted by atomic mass is 35.5. The second kappa shape index (κ2) is 7.06. The third-order valence-corrected chi connectivity index (χ3v) is 7.52. The Morgan fingerprint density at radius 2 is 1.88 bits per heavy atom. The van der Waals surface area contributed by atoms with Crippen LogP contribution in [0.4, 0.5) is 0 Å². The van der Waals surface area contributed by atoms with Crippen molar-refractivity contribution in [2.45, 2.75) is 10.3 Å². The number of carbonyl (C=O) groups excluding carboxylic acids is 1. The van der Waals surface area contributed by atoms with Crippen molar-refractivity contribution in [3.8, 4) is 11.1 Å². The van der Waals surface area contributed by atoms with Crippen molar-refractivity contribution in [3.05, 3.63) is 53.6 Å². The summed E-state index contributed by atoms with van der Waals surface area (Å²) < 4.78 is 26.7. The van der Waals surface area contributed by atoms with Crippen LogP contribution in [0.25, 0.3) is 11.1 Å². The molecule has 0 N–H and O–H groups in total. The summed E-state index contributed by atoms with van der Waals surface area (Å²) in [5.41, 5.74) is 1.65. The van der Waals surface area contributed by atoms with E-state index in [1.165, 1.54) is 23.9 Å². The van der Waals surface area contributed by atoms with Crippen molar-refractivity contribution >= 4 is 50.2 Å². The van der Waals surface area contributed by atoms with Gasteiger partial charge in [0.2, 0.25) is 15.3 Å². The molecule has 126 valence electrons. The molecular weight excluding hydrogens is 389 g/mol. The molecule has 2 aromatic carbocycles. The van der Waals surface area contributed by atoms with E-state index >= 15 is 0 Å². The first kappa shape index (κ1) is 17.8. The van der Waals surface area contributed by atoms with Crippen molar-refractivity contribution in [3.63, 3.8) is 0 Å². The molecule has 0 spiro atoms. The smallest absolute Gasteiger partial charge is 0.250 e. The number of hydrogen-bond donors (Lipinski definition) is 0. The number of sulfonamides is 1. The van der Waals surface area contributed by atoms with Gasteiger partial charge in [0.1, 0.15) is 5.37 Å². The molecule has 1 unspecified atom stereocenters. The minimum absolute atomic E-state index is 0.0533. The van der Waals surface area contributed by atoms with Gasteiger partial charge in [-0.15, -0.1) is 11.8 Å². The summed E-state index contributed by atoms with van der Waals surface area (Å²) in [6.45, 7) is 0.244. The van der Waals surface area contributed by atoms with Crippen molar-refractivity contribution in [1.82, 2.24) is 4.31 Å². The average Bonchev–Trinajstić information content (AvgIpc) is 3.06. The second-order valence-electron chi connectivity index (χ2n) is 5.15. The molecule has 0 amide bonds. The van der Waals surface area contributed by atoms with Crippen LogP contribution in [0.5, 0.6) is 0 Å². The lowest BCUT2D eigenvalue weighted by molar-refractivity contribution is -0.112. The molecule has 0 aromatic heterocycles. The number of rotatable bonds is 4. The molecule has 3 rings (SSSR count). The lowest BCUT2D eigenvalue weighted by Gasteiger charge is -2.20. The fourth-order valence-electron chi connectivity index (χ4n) is 2.52. The molecular formula is C16H13Cl2NO3S2. The summed E-state index contributed by atoms with van der Waals surface area (Å²) in [4.78, 5) is 11.5. The molecule has 1 atom stereocenters. The molecule has 8 heteroatoms. The van der Waals surface area contributed by atoms with Gasteiger partial charge in [-0.3, -0.25) is 4.79 Å². The molecule has 4 nitrogen and oxygen atoms in total. The highest BCUT2D eigenvalue weighted by Crippen LogP contribution is 2.34. The maximum Gasteiger partial charge on any atom is 0.250 e. The zero-order valence-electron chi connectivity index (χ0n) is 12.4. The number of benzene rings is 2. The lowest BCUT2D eigenvalue weighted by Crippen LogP contribution is -2.37. The van der Waals surface area contributed by atoms with Gasteiger partial charge in [0.05, 0.1) is 4.90 Å². The summed E-state index contributed by atoms with van der Waals surface area (Å²) in [5, 5.41) is -1.24. The molecule has 1 aliphatic heterocycles. The Hall–Kier alpha value is -1.05. The Morgan fingerprint density at radius 1 is 1.17 bits per heavy atom. The Balaban J connectivity index is 1.98. The molecule has 0 aliphatic carbocycles. The highest BCUT2D eigenvalue weighted by molar-refractivity contribution is 8.02. The van der Waals surface area contributed by atoms with E-state index in [2.05, 4.69) is 0 Å². The molecule has 2 aromatic rings. The fourth-order valence-corrected chi connectivity index (χ4v) is 6.27. The Bertz CT molecular complexity index is 872. The van der Waals surface area contributed by atoms with E-state index in [1.54, 1.807) is 6.07 Å². The first-order valence-electron chi connectivity index (χ1n) is 7.09. The summed E-state index contributed by atoms with van der Waals surface area (Å²) >= 11 is 13.0. The molecule has 1 aliphatic rings. The summed E-state index contributed by atoms with van der Waals surface area (Å²) in [7, 11) is -3.83. The van der Waals surface area contributed by atoms with Crippen LogP contribution in [0.3, 0.4) is 0 Å². The molecule has 0 radical (unpaired) electrons. The zero-order chi connectivity index (χ0) is 17.3. The predicted octanol–water partition coefficient (Wildman–Crippen LogP) is 3.84. The van der Waals surface area contributed by atoms with Gasteiger partial charge in [0, 0.05) is 22.9 Å². The second-order valence-corrected chi connectivity index (χ2v) is 9.01. The Labute approximate surface area is 154 Å². The van der Waals surface area contributed by atoms with Crippen LogP contribution in [0.1, 0.15) is 0 Å². The molecule has 1 saturated heterocycles. The third-order valence-electron chi connectivity index (χ3n) is 3.68. The van der Waals surface area contributed by atoms with Crippen molar-refractivity contribution in [1.29, 1.82) is 0 Å². The van der Waals surface area contributed by atoms with Crippen LogP contribution in [0.2, 0.25) is 5.02 Å². The molecule has 0 saturated carbocycles. The topological polar surface area (TPSA) is 54.5 Å². The number of carbonyl (C=O) groups is 1. The van der Waals surface area contributed by atoms with E-state index in [4.69, 9.17) is 23.2 Å². The SMILES string of the molecule is O=C(Cl)C1SCCN1S(=O)(=O)c1ccc(-c2ccccc2)c(Cl)c1. The number of nitrogens with zero attached hydrogens (tertiary/aromatic N) is 1. The number of thioether (sulfide) groups is 1. The van der Waals surface area contributed by atoms with Crippen LogP contribution in [-0.2, 0) is 14.8 Å². The van der Waals surface area contributed by atoms with Crippen LogP contribution >= 0.6 is 35.0 Å². The zero-order valence-corrected chi connectivity index (χ0v) is 15.5. The summed E-state index contributed by atoms with van der Waals surface area (Å²) in [6, 6.07) is 14.0. The lowest BCUT2D eigenvalue weighted by atomic mass is 10.1. The molecule has 24 heavy (non-hydrogen) atoms. The monoisotopic (exact) mass is 401 g/mol. The standard InChI is InChI=1S/C16H13Cl2NO3S2/c17-14-10-12(6-7-13(14)11-4-2-1-3-5-11)24(21,22)19-8-9-23-16(19)15(18)20/h1-7,10,16H,8-9H2. The predicted molar refractivity (Wildman–Crippen MR) is 97.9 cm³/mol. The van der Waals surface area contributed by atoms with Gasteiger partial charge in [-0.1, -0.05) is 48.0 Å². The van der Waals surface area contributed by atoms with Gasteiger partial charge in [0.25, 0.3) is 0 Å². The molecule has 0 bridgehead atoms. The summed E-state index contributed by atoms with van der Waals surface area (Å²) in [6.07, 6.45) is 0. The minimum atomic E-state index is -3.83. The van der Waals surface area contributed by atoms with Crippen molar-refractivity contribution < 1.29 is 13.2 Å². The van der Waals surface area contributed by atoms with Gasteiger partial charge < -0.3 is 0 Å². The maximum atomic E-state index is 12.8. The maximum absolute atomic E-state index is 12.8. The quantitative estimate of drug-likeness (QED) is 0.730. The third kappa shape index (κ3) is 3.34. The van der Waals surface area contributed by atoms with Gasteiger partial charge in [-0.25, -0.2) is 8.42 Å². The fraction of sp³-hybridized carbons (Fsp3) is 0.188. The van der Waals surface area contributed by atoms with E-state index in [9.17, 15) is 13.2 Å². The van der Waals surface area contributed by atoms with E-state index < -0.39 is 20.6 Å². The highest BCUT2D eigenvalue weighted by Gasteiger charge is 2.39.